The normalized spacial score (nSPS) is 20.8. The number of para-hydroxylation sites is 1. The van der Waals surface area contributed by atoms with E-state index in [2.05, 4.69) is 17.2 Å². The Labute approximate surface area is 144 Å². The van der Waals surface area contributed by atoms with Crippen LogP contribution in [0.2, 0.25) is 0 Å². The molecule has 2 heterocycles. The standard InChI is InChI=1S/C19H21N3O3/c1-12-6-2-4-8-14(12)21-16(23)10-22-11-20-17-13-7-3-5-9-15(13)25-18(17)19(22)24/h3,5,7,9,11-12,14H,2,4,6,8,10H2,1H3,(H,21,23)/t12-,14+/m1/s1. The van der Waals surface area contributed by atoms with Crippen molar-refractivity contribution in [2.75, 3.05) is 0 Å². The second-order valence-corrected chi connectivity index (χ2v) is 6.89. The first-order valence-corrected chi connectivity index (χ1v) is 8.79. The molecule has 1 N–H and O–H groups in total. The molecule has 6 heteroatoms. The maximum absolute atomic E-state index is 12.6. The summed E-state index contributed by atoms with van der Waals surface area (Å²) in [7, 11) is 0. The van der Waals surface area contributed by atoms with Crippen molar-refractivity contribution >= 4 is 28.0 Å². The Morgan fingerprint density at radius 2 is 2.12 bits per heavy atom. The molecular formula is C19H21N3O3. The molecule has 1 aliphatic carbocycles. The lowest BCUT2D eigenvalue weighted by atomic mass is 9.86. The number of amides is 1. The van der Waals surface area contributed by atoms with E-state index in [1.165, 1.54) is 17.3 Å². The highest BCUT2D eigenvalue weighted by Gasteiger charge is 2.23. The Kier molecular flexibility index (Phi) is 4.03. The van der Waals surface area contributed by atoms with Gasteiger partial charge in [-0.25, -0.2) is 4.98 Å². The molecule has 3 aromatic rings. The number of carbonyl (C=O) groups is 1. The first-order chi connectivity index (χ1) is 12.1. The van der Waals surface area contributed by atoms with Crippen LogP contribution >= 0.6 is 0 Å². The van der Waals surface area contributed by atoms with Gasteiger partial charge in [-0.2, -0.15) is 0 Å². The van der Waals surface area contributed by atoms with Gasteiger partial charge in [0.25, 0.3) is 5.56 Å². The van der Waals surface area contributed by atoms with Gasteiger partial charge < -0.3 is 9.73 Å². The fourth-order valence-corrected chi connectivity index (χ4v) is 3.67. The molecule has 0 spiro atoms. The van der Waals surface area contributed by atoms with Crippen LogP contribution in [0.25, 0.3) is 22.1 Å². The summed E-state index contributed by atoms with van der Waals surface area (Å²) in [6.45, 7) is 2.13. The van der Waals surface area contributed by atoms with Gasteiger partial charge in [-0.05, 0) is 30.9 Å². The van der Waals surface area contributed by atoms with Crippen LogP contribution in [0.3, 0.4) is 0 Å². The van der Waals surface area contributed by atoms with Gasteiger partial charge in [0.15, 0.2) is 0 Å². The van der Waals surface area contributed by atoms with E-state index < -0.39 is 0 Å². The van der Waals surface area contributed by atoms with Crippen molar-refractivity contribution in [2.24, 2.45) is 5.92 Å². The number of nitrogens with zero attached hydrogens (tertiary/aromatic N) is 2. The number of rotatable bonds is 3. The summed E-state index contributed by atoms with van der Waals surface area (Å²) < 4.78 is 6.96. The SMILES string of the molecule is C[C@@H]1CCCC[C@@H]1NC(=O)Cn1cnc2c(oc3ccccc32)c1=O. The van der Waals surface area contributed by atoms with Crippen molar-refractivity contribution in [2.45, 2.75) is 45.2 Å². The van der Waals surface area contributed by atoms with Gasteiger partial charge in [-0.3, -0.25) is 14.2 Å². The van der Waals surface area contributed by atoms with Crippen molar-refractivity contribution in [1.29, 1.82) is 0 Å². The van der Waals surface area contributed by atoms with Crippen molar-refractivity contribution in [3.05, 3.63) is 40.9 Å². The van der Waals surface area contributed by atoms with E-state index in [0.717, 1.165) is 24.6 Å². The molecule has 0 bridgehead atoms. The van der Waals surface area contributed by atoms with Crippen LogP contribution in [0, 0.1) is 5.92 Å². The summed E-state index contributed by atoms with van der Waals surface area (Å²) in [6.07, 6.45) is 5.93. The molecule has 1 aliphatic rings. The van der Waals surface area contributed by atoms with Crippen molar-refractivity contribution < 1.29 is 9.21 Å². The van der Waals surface area contributed by atoms with Gasteiger partial charge in [-0.15, -0.1) is 0 Å². The molecule has 2 atom stereocenters. The summed E-state index contributed by atoms with van der Waals surface area (Å²) in [6, 6.07) is 7.60. The van der Waals surface area contributed by atoms with E-state index in [4.69, 9.17) is 4.42 Å². The molecule has 0 unspecified atom stereocenters. The summed E-state index contributed by atoms with van der Waals surface area (Å²) in [4.78, 5) is 29.3. The lowest BCUT2D eigenvalue weighted by molar-refractivity contribution is -0.123. The first kappa shape index (κ1) is 15.9. The van der Waals surface area contributed by atoms with Crippen LogP contribution in [-0.2, 0) is 11.3 Å². The Bertz CT molecular complexity index is 988. The van der Waals surface area contributed by atoms with Crippen molar-refractivity contribution in [1.82, 2.24) is 14.9 Å². The van der Waals surface area contributed by atoms with E-state index in [9.17, 15) is 9.59 Å². The minimum Gasteiger partial charge on any atom is -0.448 e. The molecule has 1 saturated carbocycles. The Hall–Kier alpha value is -2.63. The predicted octanol–water partition coefficient (Wildman–Crippen LogP) is 2.84. The summed E-state index contributed by atoms with van der Waals surface area (Å²) in [5, 5.41) is 3.87. The third-order valence-corrected chi connectivity index (χ3v) is 5.12. The molecule has 25 heavy (non-hydrogen) atoms. The van der Waals surface area contributed by atoms with Crippen LogP contribution in [0.4, 0.5) is 0 Å². The molecule has 0 aliphatic heterocycles. The zero-order valence-corrected chi connectivity index (χ0v) is 14.2. The van der Waals surface area contributed by atoms with Crippen LogP contribution in [0.5, 0.6) is 0 Å². The topological polar surface area (TPSA) is 77.1 Å². The minimum absolute atomic E-state index is 0.0396. The molecule has 130 valence electrons. The van der Waals surface area contributed by atoms with E-state index in [1.54, 1.807) is 6.07 Å². The zero-order valence-electron chi connectivity index (χ0n) is 14.2. The number of furan rings is 1. The van der Waals surface area contributed by atoms with Crippen molar-refractivity contribution in [3.63, 3.8) is 0 Å². The largest absolute Gasteiger partial charge is 0.448 e. The molecular weight excluding hydrogens is 318 g/mol. The third kappa shape index (κ3) is 2.92. The highest BCUT2D eigenvalue weighted by molar-refractivity contribution is 6.01. The average Bonchev–Trinajstić information content (AvgIpc) is 2.99. The van der Waals surface area contributed by atoms with Crippen molar-refractivity contribution in [3.8, 4) is 0 Å². The highest BCUT2D eigenvalue weighted by Crippen LogP contribution is 2.25. The number of fused-ring (bicyclic) bond motifs is 3. The maximum atomic E-state index is 12.6. The fourth-order valence-electron chi connectivity index (χ4n) is 3.67. The number of nitrogens with one attached hydrogen (secondary N) is 1. The lowest BCUT2D eigenvalue weighted by Gasteiger charge is -2.29. The van der Waals surface area contributed by atoms with Crippen LogP contribution in [0.15, 0.2) is 39.8 Å². The molecule has 1 amide bonds. The molecule has 0 radical (unpaired) electrons. The van der Waals surface area contributed by atoms with Gasteiger partial charge >= 0.3 is 0 Å². The molecule has 1 fully saturated rings. The van der Waals surface area contributed by atoms with E-state index >= 15 is 0 Å². The van der Waals surface area contributed by atoms with E-state index in [0.29, 0.717) is 17.0 Å². The van der Waals surface area contributed by atoms with Gasteiger partial charge in [0, 0.05) is 11.4 Å². The first-order valence-electron chi connectivity index (χ1n) is 8.79. The molecule has 4 rings (SSSR count). The van der Waals surface area contributed by atoms with Crippen LogP contribution < -0.4 is 10.9 Å². The van der Waals surface area contributed by atoms with Crippen LogP contribution in [0.1, 0.15) is 32.6 Å². The number of hydrogen-bond donors (Lipinski definition) is 1. The van der Waals surface area contributed by atoms with Gasteiger partial charge in [-0.1, -0.05) is 31.9 Å². The fraction of sp³-hybridized carbons (Fsp3) is 0.421. The highest BCUT2D eigenvalue weighted by atomic mass is 16.3. The Morgan fingerprint density at radius 3 is 2.96 bits per heavy atom. The summed E-state index contributed by atoms with van der Waals surface area (Å²) in [5.41, 5.74) is 1.04. The zero-order chi connectivity index (χ0) is 17.4. The molecule has 2 aromatic heterocycles. The lowest BCUT2D eigenvalue weighted by Crippen LogP contribution is -2.43. The summed E-state index contributed by atoms with van der Waals surface area (Å²) >= 11 is 0. The second-order valence-electron chi connectivity index (χ2n) is 6.89. The quantitative estimate of drug-likeness (QED) is 0.796. The van der Waals surface area contributed by atoms with Gasteiger partial charge in [0.1, 0.15) is 17.6 Å². The molecule has 6 nitrogen and oxygen atoms in total. The number of carbonyl (C=O) groups excluding carboxylic acids is 1. The second kappa shape index (κ2) is 6.35. The van der Waals surface area contributed by atoms with Gasteiger partial charge in [0.05, 0.1) is 6.33 Å². The predicted molar refractivity (Wildman–Crippen MR) is 95.3 cm³/mol. The number of benzene rings is 1. The Morgan fingerprint density at radius 1 is 1.32 bits per heavy atom. The number of aromatic nitrogens is 2. The minimum atomic E-state index is -0.326. The van der Waals surface area contributed by atoms with Crippen LogP contribution in [-0.4, -0.2) is 21.5 Å². The van der Waals surface area contributed by atoms with E-state index in [1.807, 2.05) is 18.2 Å². The average molecular weight is 339 g/mol. The third-order valence-electron chi connectivity index (χ3n) is 5.12. The van der Waals surface area contributed by atoms with E-state index in [-0.39, 0.29) is 29.6 Å². The number of hydrogen-bond acceptors (Lipinski definition) is 4. The monoisotopic (exact) mass is 339 g/mol. The molecule has 1 aromatic carbocycles. The smallest absolute Gasteiger partial charge is 0.297 e. The maximum Gasteiger partial charge on any atom is 0.297 e. The Balaban J connectivity index is 1.59. The molecule has 0 saturated heterocycles. The summed E-state index contributed by atoms with van der Waals surface area (Å²) in [5.74, 6) is 0.323. The van der Waals surface area contributed by atoms with Gasteiger partial charge in [0.2, 0.25) is 11.5 Å².